The molecule has 2 aromatic rings. The molecule has 142 valence electrons. The molecule has 1 aliphatic carbocycles. The van der Waals surface area contributed by atoms with Crippen LogP contribution < -0.4 is 20.9 Å². The minimum Gasteiger partial charge on any atom is -0.495 e. The van der Waals surface area contributed by atoms with Gasteiger partial charge in [-0.3, -0.25) is 14.4 Å². The van der Waals surface area contributed by atoms with Gasteiger partial charge in [-0.25, -0.2) is 4.68 Å². The number of hydrogen-bond acceptors (Lipinski definition) is 5. The number of benzene rings is 1. The van der Waals surface area contributed by atoms with Gasteiger partial charge >= 0.3 is 0 Å². The largest absolute Gasteiger partial charge is 0.495 e. The normalized spacial score (nSPS) is 12.8. The van der Waals surface area contributed by atoms with Crippen molar-refractivity contribution in [1.29, 1.82) is 0 Å². The van der Waals surface area contributed by atoms with E-state index in [2.05, 4.69) is 15.7 Å². The Labute approximate surface area is 156 Å². The predicted octanol–water partition coefficient (Wildman–Crippen LogP) is 1.73. The number of amides is 2. The van der Waals surface area contributed by atoms with E-state index in [1.165, 1.54) is 18.7 Å². The van der Waals surface area contributed by atoms with Crippen molar-refractivity contribution in [3.63, 3.8) is 0 Å². The smallest absolute Gasteiger partial charge is 0.267 e. The van der Waals surface area contributed by atoms with E-state index in [0.717, 1.165) is 36.9 Å². The van der Waals surface area contributed by atoms with Crippen LogP contribution in [0.4, 0.5) is 11.4 Å². The minimum absolute atomic E-state index is 0.195. The molecular weight excluding hydrogens is 348 g/mol. The van der Waals surface area contributed by atoms with Gasteiger partial charge in [0.2, 0.25) is 11.8 Å². The van der Waals surface area contributed by atoms with Crippen molar-refractivity contribution in [1.82, 2.24) is 9.78 Å². The fourth-order valence-electron chi connectivity index (χ4n) is 3.13. The van der Waals surface area contributed by atoms with Crippen LogP contribution >= 0.6 is 0 Å². The van der Waals surface area contributed by atoms with Gasteiger partial charge in [-0.1, -0.05) is 0 Å². The van der Waals surface area contributed by atoms with Crippen LogP contribution in [0.3, 0.4) is 0 Å². The SMILES string of the molecule is COc1ccc(NC(C)=O)cc1NC(=O)Cn1nc2c(cc1=O)CCCC2. The Morgan fingerprint density at radius 1 is 1.19 bits per heavy atom. The third kappa shape index (κ3) is 4.52. The summed E-state index contributed by atoms with van der Waals surface area (Å²) in [6, 6.07) is 6.49. The predicted molar refractivity (Wildman–Crippen MR) is 101 cm³/mol. The first-order chi connectivity index (χ1) is 13.0. The molecule has 0 spiro atoms. The van der Waals surface area contributed by atoms with Crippen LogP contribution in [0.15, 0.2) is 29.1 Å². The molecular formula is C19H22N4O4. The molecule has 1 heterocycles. The number of rotatable bonds is 5. The number of ether oxygens (including phenoxy) is 1. The summed E-state index contributed by atoms with van der Waals surface area (Å²) in [5.74, 6) is -0.177. The number of methoxy groups -OCH3 is 1. The maximum Gasteiger partial charge on any atom is 0.267 e. The first-order valence-electron chi connectivity index (χ1n) is 8.81. The molecule has 3 rings (SSSR count). The lowest BCUT2D eigenvalue weighted by Gasteiger charge is -2.16. The summed E-state index contributed by atoms with van der Waals surface area (Å²) in [4.78, 5) is 35.9. The zero-order valence-corrected chi connectivity index (χ0v) is 15.4. The first kappa shape index (κ1) is 18.6. The fraction of sp³-hybridized carbons (Fsp3) is 0.368. The number of anilines is 2. The molecule has 2 amide bonds. The van der Waals surface area contributed by atoms with E-state index in [1.54, 1.807) is 24.3 Å². The lowest BCUT2D eigenvalue weighted by Crippen LogP contribution is -2.31. The van der Waals surface area contributed by atoms with Crippen LogP contribution in [0, 0.1) is 0 Å². The molecule has 27 heavy (non-hydrogen) atoms. The van der Waals surface area contributed by atoms with E-state index in [9.17, 15) is 14.4 Å². The van der Waals surface area contributed by atoms with E-state index >= 15 is 0 Å². The second kappa shape index (κ2) is 8.03. The molecule has 0 aliphatic heterocycles. The molecule has 1 aromatic carbocycles. The van der Waals surface area contributed by atoms with Crippen molar-refractivity contribution < 1.29 is 14.3 Å². The quantitative estimate of drug-likeness (QED) is 0.834. The lowest BCUT2D eigenvalue weighted by atomic mass is 9.97. The van der Waals surface area contributed by atoms with Gasteiger partial charge in [0.1, 0.15) is 12.3 Å². The topological polar surface area (TPSA) is 102 Å². The number of aryl methyl sites for hydroxylation is 2. The Morgan fingerprint density at radius 3 is 2.70 bits per heavy atom. The molecule has 2 N–H and O–H groups in total. The Bertz CT molecular complexity index is 936. The van der Waals surface area contributed by atoms with Gasteiger partial charge in [0.05, 0.1) is 18.5 Å². The Balaban J connectivity index is 1.78. The molecule has 1 aromatic heterocycles. The molecule has 0 unspecified atom stereocenters. The van der Waals surface area contributed by atoms with E-state index in [0.29, 0.717) is 17.1 Å². The number of nitrogens with one attached hydrogen (secondary N) is 2. The summed E-state index contributed by atoms with van der Waals surface area (Å²) in [5, 5.41) is 9.71. The first-order valence-corrected chi connectivity index (χ1v) is 8.81. The van der Waals surface area contributed by atoms with Gasteiger partial charge in [0.15, 0.2) is 0 Å². The van der Waals surface area contributed by atoms with Crippen LogP contribution in [0.2, 0.25) is 0 Å². The standard InChI is InChI=1S/C19H22N4O4/c1-12(24)20-14-7-8-17(27-2)16(10-14)21-18(25)11-23-19(26)9-13-5-3-4-6-15(13)22-23/h7-10H,3-6,11H2,1-2H3,(H,20,24)(H,21,25). The third-order valence-corrected chi connectivity index (χ3v) is 4.36. The van der Waals surface area contributed by atoms with Crippen LogP contribution in [-0.4, -0.2) is 28.7 Å². The van der Waals surface area contributed by atoms with Gasteiger partial charge in [-0.2, -0.15) is 5.10 Å². The summed E-state index contributed by atoms with van der Waals surface area (Å²) in [6.07, 6.45) is 3.78. The van der Waals surface area contributed by atoms with Crippen molar-refractivity contribution in [2.24, 2.45) is 0 Å². The number of nitrogens with zero attached hydrogens (tertiary/aromatic N) is 2. The monoisotopic (exact) mass is 370 g/mol. The van der Waals surface area contributed by atoms with Gasteiger partial charge in [-0.05, 0) is 49.4 Å². The van der Waals surface area contributed by atoms with Crippen LogP contribution in [0.5, 0.6) is 5.75 Å². The second-order valence-corrected chi connectivity index (χ2v) is 6.46. The number of carbonyl (C=O) groups excluding carboxylic acids is 2. The maximum absolute atomic E-state index is 12.5. The van der Waals surface area contributed by atoms with Gasteiger partial charge < -0.3 is 15.4 Å². The number of fused-ring (bicyclic) bond motifs is 1. The molecule has 0 fully saturated rings. The van der Waals surface area contributed by atoms with Crippen LogP contribution in [-0.2, 0) is 29.0 Å². The number of carbonyl (C=O) groups is 2. The second-order valence-electron chi connectivity index (χ2n) is 6.46. The highest BCUT2D eigenvalue weighted by atomic mass is 16.5. The highest BCUT2D eigenvalue weighted by Gasteiger charge is 2.16. The van der Waals surface area contributed by atoms with Crippen LogP contribution in [0.1, 0.15) is 31.0 Å². The summed E-state index contributed by atoms with van der Waals surface area (Å²) in [5.41, 5.74) is 2.51. The third-order valence-electron chi connectivity index (χ3n) is 4.36. The Hall–Kier alpha value is -3.16. The highest BCUT2D eigenvalue weighted by Crippen LogP contribution is 2.28. The average molecular weight is 370 g/mol. The van der Waals surface area contributed by atoms with Gasteiger partial charge in [0.25, 0.3) is 5.56 Å². The summed E-state index contributed by atoms with van der Waals surface area (Å²) in [7, 11) is 1.48. The fourth-order valence-corrected chi connectivity index (χ4v) is 3.13. The lowest BCUT2D eigenvalue weighted by molar-refractivity contribution is -0.117. The van der Waals surface area contributed by atoms with E-state index in [-0.39, 0.29) is 18.0 Å². The molecule has 0 bridgehead atoms. The summed E-state index contributed by atoms with van der Waals surface area (Å²) < 4.78 is 6.43. The zero-order chi connectivity index (χ0) is 19.4. The molecule has 0 saturated heterocycles. The molecule has 0 atom stereocenters. The van der Waals surface area contributed by atoms with Crippen LogP contribution in [0.25, 0.3) is 0 Å². The average Bonchev–Trinajstić information content (AvgIpc) is 2.62. The summed E-state index contributed by atoms with van der Waals surface area (Å²) in [6.45, 7) is 1.20. The van der Waals surface area contributed by atoms with Crippen molar-refractivity contribution in [2.45, 2.75) is 39.2 Å². The van der Waals surface area contributed by atoms with Crippen molar-refractivity contribution in [2.75, 3.05) is 17.7 Å². The number of aromatic nitrogens is 2. The summed E-state index contributed by atoms with van der Waals surface area (Å²) >= 11 is 0. The number of hydrogen-bond donors (Lipinski definition) is 2. The molecule has 1 aliphatic rings. The van der Waals surface area contributed by atoms with E-state index < -0.39 is 5.91 Å². The Kier molecular flexibility index (Phi) is 5.54. The molecule has 8 nitrogen and oxygen atoms in total. The Morgan fingerprint density at radius 2 is 1.96 bits per heavy atom. The van der Waals surface area contributed by atoms with Crippen molar-refractivity contribution in [3.05, 3.63) is 45.9 Å². The van der Waals surface area contributed by atoms with Gasteiger partial charge in [-0.15, -0.1) is 0 Å². The van der Waals surface area contributed by atoms with Crippen molar-refractivity contribution in [3.8, 4) is 5.75 Å². The highest BCUT2D eigenvalue weighted by molar-refractivity contribution is 5.94. The van der Waals surface area contributed by atoms with Crippen molar-refractivity contribution >= 4 is 23.2 Å². The molecule has 8 heteroatoms. The minimum atomic E-state index is -0.404. The van der Waals surface area contributed by atoms with Gasteiger partial charge in [0, 0.05) is 18.7 Å². The van der Waals surface area contributed by atoms with E-state index in [4.69, 9.17) is 4.74 Å². The van der Waals surface area contributed by atoms with E-state index in [1.807, 2.05) is 0 Å². The molecule has 0 radical (unpaired) electrons. The zero-order valence-electron chi connectivity index (χ0n) is 15.4. The maximum atomic E-state index is 12.5. The molecule has 0 saturated carbocycles.